The highest BCUT2D eigenvalue weighted by Gasteiger charge is 2.29. The Morgan fingerprint density at radius 3 is 2.70 bits per heavy atom. The van der Waals surface area contributed by atoms with Crippen molar-refractivity contribution in [3.05, 3.63) is 29.5 Å². The van der Waals surface area contributed by atoms with Crippen LogP contribution in [-0.4, -0.2) is 42.2 Å². The van der Waals surface area contributed by atoms with E-state index in [0.717, 1.165) is 29.5 Å². The second kappa shape index (κ2) is 6.24. The number of amides is 1. The summed E-state index contributed by atoms with van der Waals surface area (Å²) in [5.41, 5.74) is 1.55. The normalized spacial score (nSPS) is 17.5. The molecule has 1 fully saturated rings. The smallest absolute Gasteiger partial charge is 0.289 e. The van der Waals surface area contributed by atoms with Gasteiger partial charge in [0.25, 0.3) is 5.91 Å². The molecule has 0 radical (unpaired) electrons. The van der Waals surface area contributed by atoms with Crippen LogP contribution in [0.25, 0.3) is 11.0 Å². The number of carbonyl (C=O) groups is 1. The average molecular weight is 317 g/mol. The van der Waals surface area contributed by atoms with E-state index in [4.69, 9.17) is 9.15 Å². The molecule has 5 nitrogen and oxygen atoms in total. The summed E-state index contributed by atoms with van der Waals surface area (Å²) in [6.45, 7) is 5.04. The van der Waals surface area contributed by atoms with Gasteiger partial charge in [0.2, 0.25) is 0 Å². The van der Waals surface area contributed by atoms with Crippen LogP contribution in [0.1, 0.15) is 35.9 Å². The van der Waals surface area contributed by atoms with Crippen molar-refractivity contribution in [2.75, 3.05) is 20.2 Å². The molecule has 1 unspecified atom stereocenters. The van der Waals surface area contributed by atoms with Crippen LogP contribution < -0.4 is 4.74 Å². The number of fused-ring (bicyclic) bond motifs is 1. The minimum absolute atomic E-state index is 0.0679. The molecule has 1 N–H and O–H groups in total. The van der Waals surface area contributed by atoms with Crippen LogP contribution in [0.2, 0.25) is 0 Å². The van der Waals surface area contributed by atoms with E-state index < -0.39 is 0 Å². The van der Waals surface area contributed by atoms with E-state index in [1.165, 1.54) is 0 Å². The first-order chi connectivity index (χ1) is 11.0. The molecule has 1 atom stereocenters. The summed E-state index contributed by atoms with van der Waals surface area (Å²) in [6, 6.07) is 5.55. The van der Waals surface area contributed by atoms with Gasteiger partial charge in [-0.3, -0.25) is 4.79 Å². The van der Waals surface area contributed by atoms with Crippen LogP contribution in [0.4, 0.5) is 0 Å². The number of hydrogen-bond acceptors (Lipinski definition) is 4. The Kier molecular flexibility index (Phi) is 4.31. The van der Waals surface area contributed by atoms with E-state index >= 15 is 0 Å². The molecule has 1 amide bonds. The van der Waals surface area contributed by atoms with Crippen molar-refractivity contribution in [3.63, 3.8) is 0 Å². The van der Waals surface area contributed by atoms with Crippen LogP contribution in [0.5, 0.6) is 5.75 Å². The maximum absolute atomic E-state index is 12.8. The molecule has 0 bridgehead atoms. The third-order valence-electron chi connectivity index (χ3n) is 4.85. The largest absolute Gasteiger partial charge is 0.497 e. The molecule has 124 valence electrons. The highest BCUT2D eigenvalue weighted by molar-refractivity contribution is 5.99. The first-order valence-corrected chi connectivity index (χ1v) is 8.05. The molecule has 2 aromatic rings. The predicted molar refractivity (Wildman–Crippen MR) is 87.8 cm³/mol. The van der Waals surface area contributed by atoms with Crippen LogP contribution in [0.3, 0.4) is 0 Å². The number of likely N-dealkylation sites (tertiary alicyclic amines) is 1. The van der Waals surface area contributed by atoms with E-state index in [1.54, 1.807) is 7.11 Å². The zero-order valence-electron chi connectivity index (χ0n) is 13.8. The molecule has 23 heavy (non-hydrogen) atoms. The lowest BCUT2D eigenvalue weighted by molar-refractivity contribution is 0.0499. The number of rotatable bonds is 3. The topological polar surface area (TPSA) is 62.9 Å². The molecule has 2 heterocycles. The number of piperidine rings is 1. The lowest BCUT2D eigenvalue weighted by atomic mass is 9.92. The molecule has 1 aromatic carbocycles. The molecule has 0 spiro atoms. The van der Waals surface area contributed by atoms with Gasteiger partial charge < -0.3 is 19.2 Å². The van der Waals surface area contributed by atoms with E-state index in [0.29, 0.717) is 24.4 Å². The highest BCUT2D eigenvalue weighted by Crippen LogP contribution is 2.30. The van der Waals surface area contributed by atoms with E-state index in [1.807, 2.05) is 36.9 Å². The van der Waals surface area contributed by atoms with Crippen molar-refractivity contribution in [1.29, 1.82) is 0 Å². The third-order valence-corrected chi connectivity index (χ3v) is 4.85. The minimum Gasteiger partial charge on any atom is -0.497 e. The van der Waals surface area contributed by atoms with Gasteiger partial charge >= 0.3 is 0 Å². The Morgan fingerprint density at radius 1 is 1.39 bits per heavy atom. The summed E-state index contributed by atoms with van der Waals surface area (Å²) < 4.78 is 11.0. The van der Waals surface area contributed by atoms with Gasteiger partial charge in [-0.2, -0.15) is 0 Å². The van der Waals surface area contributed by atoms with Crippen molar-refractivity contribution >= 4 is 16.9 Å². The SMILES string of the molecule is COc1ccc2oc(C(=O)N3CCC(C(C)O)CC3)c(C)c2c1. The Labute approximate surface area is 135 Å². The number of carbonyl (C=O) groups excluding carboxylic acids is 1. The molecular weight excluding hydrogens is 294 g/mol. The lowest BCUT2D eigenvalue weighted by Crippen LogP contribution is -2.40. The Bertz CT molecular complexity index is 711. The maximum Gasteiger partial charge on any atom is 0.289 e. The summed E-state index contributed by atoms with van der Waals surface area (Å²) in [6.07, 6.45) is 1.35. The number of ether oxygens (including phenoxy) is 1. The molecule has 5 heteroatoms. The Balaban J connectivity index is 1.83. The fourth-order valence-corrected chi connectivity index (χ4v) is 3.26. The van der Waals surface area contributed by atoms with Gasteiger partial charge in [-0.15, -0.1) is 0 Å². The monoisotopic (exact) mass is 317 g/mol. The van der Waals surface area contributed by atoms with Crippen molar-refractivity contribution in [1.82, 2.24) is 4.90 Å². The zero-order valence-corrected chi connectivity index (χ0v) is 13.8. The van der Waals surface area contributed by atoms with Gasteiger partial charge in [-0.05, 0) is 50.8 Å². The van der Waals surface area contributed by atoms with Crippen molar-refractivity contribution in [2.24, 2.45) is 5.92 Å². The average Bonchev–Trinajstić information content (AvgIpc) is 2.90. The zero-order chi connectivity index (χ0) is 16.6. The Morgan fingerprint density at radius 2 is 2.09 bits per heavy atom. The number of aliphatic hydroxyl groups excluding tert-OH is 1. The molecule has 3 rings (SSSR count). The van der Waals surface area contributed by atoms with E-state index in [-0.39, 0.29) is 17.9 Å². The van der Waals surface area contributed by atoms with Gasteiger partial charge in [0, 0.05) is 24.0 Å². The van der Waals surface area contributed by atoms with Gasteiger partial charge in [0.1, 0.15) is 11.3 Å². The molecule has 1 saturated heterocycles. The first kappa shape index (κ1) is 15.9. The van der Waals surface area contributed by atoms with Crippen LogP contribution in [-0.2, 0) is 0 Å². The fourth-order valence-electron chi connectivity index (χ4n) is 3.26. The second-order valence-electron chi connectivity index (χ2n) is 6.29. The molecule has 1 aliphatic heterocycles. The number of furan rings is 1. The van der Waals surface area contributed by atoms with Crippen molar-refractivity contribution in [2.45, 2.75) is 32.8 Å². The summed E-state index contributed by atoms with van der Waals surface area (Å²) >= 11 is 0. The summed E-state index contributed by atoms with van der Waals surface area (Å²) in [4.78, 5) is 14.6. The quantitative estimate of drug-likeness (QED) is 0.945. The molecule has 0 saturated carbocycles. The number of hydrogen-bond donors (Lipinski definition) is 1. The van der Waals surface area contributed by atoms with Crippen molar-refractivity contribution < 1.29 is 19.1 Å². The van der Waals surface area contributed by atoms with E-state index in [2.05, 4.69) is 0 Å². The number of nitrogens with zero attached hydrogens (tertiary/aromatic N) is 1. The summed E-state index contributed by atoms with van der Waals surface area (Å²) in [7, 11) is 1.62. The van der Waals surface area contributed by atoms with Crippen LogP contribution in [0, 0.1) is 12.8 Å². The molecule has 0 aliphatic carbocycles. The standard InChI is InChI=1S/C18H23NO4/c1-11-15-10-14(22-3)4-5-16(15)23-17(11)18(21)19-8-6-13(7-9-19)12(2)20/h4-5,10,12-13,20H,6-9H2,1-3H3. The van der Waals surface area contributed by atoms with Gasteiger partial charge in [-0.25, -0.2) is 0 Å². The number of aliphatic hydroxyl groups is 1. The third kappa shape index (κ3) is 2.93. The second-order valence-corrected chi connectivity index (χ2v) is 6.29. The Hall–Kier alpha value is -2.01. The maximum atomic E-state index is 12.8. The molecule has 1 aromatic heterocycles. The highest BCUT2D eigenvalue weighted by atomic mass is 16.5. The van der Waals surface area contributed by atoms with Crippen LogP contribution in [0.15, 0.2) is 22.6 Å². The number of methoxy groups -OCH3 is 1. The lowest BCUT2D eigenvalue weighted by Gasteiger charge is -2.32. The fraction of sp³-hybridized carbons (Fsp3) is 0.500. The van der Waals surface area contributed by atoms with Gasteiger partial charge in [0.15, 0.2) is 5.76 Å². The van der Waals surface area contributed by atoms with Crippen LogP contribution >= 0.6 is 0 Å². The number of benzene rings is 1. The molecular formula is C18H23NO4. The molecule has 1 aliphatic rings. The van der Waals surface area contributed by atoms with Crippen molar-refractivity contribution in [3.8, 4) is 5.75 Å². The van der Waals surface area contributed by atoms with E-state index in [9.17, 15) is 9.90 Å². The van der Waals surface area contributed by atoms with Gasteiger partial charge in [-0.1, -0.05) is 0 Å². The van der Waals surface area contributed by atoms with Gasteiger partial charge in [0.05, 0.1) is 13.2 Å². The summed E-state index contributed by atoms with van der Waals surface area (Å²) in [5.74, 6) is 1.36. The first-order valence-electron chi connectivity index (χ1n) is 8.05. The minimum atomic E-state index is -0.312. The summed E-state index contributed by atoms with van der Waals surface area (Å²) in [5, 5.41) is 10.6. The number of aryl methyl sites for hydroxylation is 1. The predicted octanol–water partition coefficient (Wildman–Crippen LogP) is 2.98.